The summed E-state index contributed by atoms with van der Waals surface area (Å²) in [6, 6.07) is 10.1. The summed E-state index contributed by atoms with van der Waals surface area (Å²) in [7, 11) is 0. The Bertz CT molecular complexity index is 518. The van der Waals surface area contributed by atoms with Crippen LogP contribution in [0.15, 0.2) is 42.2 Å². The molecule has 1 N–H and O–H groups in total. The van der Waals surface area contributed by atoms with E-state index in [0.29, 0.717) is 0 Å². The summed E-state index contributed by atoms with van der Waals surface area (Å²) in [4.78, 5) is 4.64. The molecule has 0 aliphatic carbocycles. The van der Waals surface area contributed by atoms with Gasteiger partial charge in [-0.1, -0.05) is 30.3 Å². The van der Waals surface area contributed by atoms with Crippen molar-refractivity contribution in [1.82, 2.24) is 9.80 Å². The highest BCUT2D eigenvalue weighted by Crippen LogP contribution is 2.43. The highest BCUT2D eigenvalue weighted by atomic mass is 16.3. The molecule has 0 amide bonds. The van der Waals surface area contributed by atoms with E-state index in [9.17, 15) is 5.11 Å². The maximum atomic E-state index is 11.3. The Labute approximate surface area is 121 Å². The second-order valence-electron chi connectivity index (χ2n) is 6.89. The van der Waals surface area contributed by atoms with Crippen LogP contribution in [0.5, 0.6) is 0 Å². The number of hydrogen-bond acceptors (Lipinski definition) is 3. The molecule has 1 saturated heterocycles. The fraction of sp³-hybridized carbons (Fsp3) is 0.529. The number of aliphatic hydroxyl groups is 1. The summed E-state index contributed by atoms with van der Waals surface area (Å²) in [5.41, 5.74) is 1.32. The van der Waals surface area contributed by atoms with Gasteiger partial charge < -0.3 is 14.9 Å². The molecule has 2 heterocycles. The van der Waals surface area contributed by atoms with E-state index >= 15 is 0 Å². The normalized spacial score (nSPS) is 26.5. The second kappa shape index (κ2) is 4.52. The maximum Gasteiger partial charge on any atom is 0.131 e. The average molecular weight is 272 g/mol. The van der Waals surface area contributed by atoms with Crippen molar-refractivity contribution >= 4 is 0 Å². The molecule has 20 heavy (non-hydrogen) atoms. The number of benzene rings is 1. The molecule has 0 saturated carbocycles. The summed E-state index contributed by atoms with van der Waals surface area (Å²) in [6.07, 6.45) is 3.99. The molecule has 0 radical (unpaired) electrons. The van der Waals surface area contributed by atoms with Gasteiger partial charge in [0.05, 0.1) is 12.4 Å². The minimum Gasteiger partial charge on any atom is -0.379 e. The van der Waals surface area contributed by atoms with Gasteiger partial charge in [-0.05, 0) is 39.2 Å². The van der Waals surface area contributed by atoms with Crippen LogP contribution < -0.4 is 0 Å². The molecule has 2 aliphatic heterocycles. The molecular formula is C17H24N2O. The highest BCUT2D eigenvalue weighted by Gasteiger charge is 2.44. The zero-order valence-corrected chi connectivity index (χ0v) is 12.6. The number of fused-ring (bicyclic) bond motifs is 1. The fourth-order valence-electron chi connectivity index (χ4n) is 3.16. The van der Waals surface area contributed by atoms with E-state index < -0.39 is 5.60 Å². The maximum absolute atomic E-state index is 11.3. The monoisotopic (exact) mass is 272 g/mol. The number of nitrogens with zero attached hydrogens (tertiary/aromatic N) is 2. The van der Waals surface area contributed by atoms with Crippen LogP contribution >= 0.6 is 0 Å². The van der Waals surface area contributed by atoms with Gasteiger partial charge in [0, 0.05) is 18.3 Å². The van der Waals surface area contributed by atoms with Crippen molar-refractivity contribution in [2.24, 2.45) is 0 Å². The lowest BCUT2D eigenvalue weighted by Crippen LogP contribution is -2.44. The summed E-state index contributed by atoms with van der Waals surface area (Å²) < 4.78 is 0. The first-order valence-corrected chi connectivity index (χ1v) is 7.43. The van der Waals surface area contributed by atoms with Crippen LogP contribution in [0, 0.1) is 0 Å². The largest absolute Gasteiger partial charge is 0.379 e. The van der Waals surface area contributed by atoms with Crippen molar-refractivity contribution in [3.8, 4) is 0 Å². The molecule has 0 spiro atoms. The Morgan fingerprint density at radius 3 is 2.50 bits per heavy atom. The molecule has 1 aromatic rings. The third-order valence-electron chi connectivity index (χ3n) is 4.45. The van der Waals surface area contributed by atoms with E-state index in [-0.39, 0.29) is 5.54 Å². The molecule has 0 bridgehead atoms. The van der Waals surface area contributed by atoms with E-state index in [1.165, 1.54) is 0 Å². The number of piperidine rings is 1. The van der Waals surface area contributed by atoms with Gasteiger partial charge in [0.1, 0.15) is 5.60 Å². The third-order valence-corrected chi connectivity index (χ3v) is 4.45. The highest BCUT2D eigenvalue weighted by molar-refractivity contribution is 5.34. The van der Waals surface area contributed by atoms with Gasteiger partial charge in [0.25, 0.3) is 0 Å². The van der Waals surface area contributed by atoms with Gasteiger partial charge in [-0.2, -0.15) is 0 Å². The van der Waals surface area contributed by atoms with E-state index in [2.05, 4.69) is 36.8 Å². The predicted molar refractivity (Wildman–Crippen MR) is 80.8 cm³/mol. The van der Waals surface area contributed by atoms with Gasteiger partial charge in [0.2, 0.25) is 0 Å². The summed E-state index contributed by atoms with van der Waals surface area (Å²) in [5, 5.41) is 11.3. The van der Waals surface area contributed by atoms with Gasteiger partial charge >= 0.3 is 0 Å². The molecule has 2 aliphatic rings. The molecule has 1 aromatic carbocycles. The number of hydrogen-bond donors (Lipinski definition) is 1. The van der Waals surface area contributed by atoms with E-state index in [1.807, 2.05) is 30.3 Å². The van der Waals surface area contributed by atoms with Gasteiger partial charge in [-0.25, -0.2) is 0 Å². The van der Waals surface area contributed by atoms with Crippen molar-refractivity contribution in [2.45, 2.75) is 44.8 Å². The van der Waals surface area contributed by atoms with Crippen molar-refractivity contribution < 1.29 is 5.11 Å². The summed E-state index contributed by atoms with van der Waals surface area (Å²) >= 11 is 0. The van der Waals surface area contributed by atoms with Crippen LogP contribution in [0.2, 0.25) is 0 Å². The van der Waals surface area contributed by atoms with E-state index in [4.69, 9.17) is 0 Å². The van der Waals surface area contributed by atoms with Crippen molar-refractivity contribution in [2.75, 3.05) is 13.2 Å². The summed E-state index contributed by atoms with van der Waals surface area (Å²) in [5.74, 6) is 0. The van der Waals surface area contributed by atoms with Gasteiger partial charge in [-0.15, -0.1) is 0 Å². The standard InChI is InChI=1S/C17H24N2O/c1-16(2,3)19-12-15-17(20,10-7-11-18(15)13-19)14-8-5-4-6-9-14/h4-6,8-9,12,20H,7,10-11,13H2,1-3H3. The lowest BCUT2D eigenvalue weighted by atomic mass is 9.83. The number of rotatable bonds is 1. The minimum atomic E-state index is -0.834. The Kier molecular flexibility index (Phi) is 3.05. The van der Waals surface area contributed by atoms with Crippen LogP contribution in [0.1, 0.15) is 39.2 Å². The first kappa shape index (κ1) is 13.5. The first-order chi connectivity index (χ1) is 9.41. The van der Waals surface area contributed by atoms with Gasteiger partial charge in [-0.3, -0.25) is 0 Å². The van der Waals surface area contributed by atoms with E-state index in [1.54, 1.807) is 0 Å². The summed E-state index contributed by atoms with van der Waals surface area (Å²) in [6.45, 7) is 8.56. The molecule has 1 atom stereocenters. The third kappa shape index (κ3) is 2.10. The molecule has 3 heteroatoms. The van der Waals surface area contributed by atoms with Crippen LogP contribution in [-0.4, -0.2) is 33.7 Å². The van der Waals surface area contributed by atoms with Crippen molar-refractivity contribution in [1.29, 1.82) is 0 Å². The fourth-order valence-corrected chi connectivity index (χ4v) is 3.16. The molecule has 3 rings (SSSR count). The Balaban J connectivity index is 2.00. The second-order valence-corrected chi connectivity index (χ2v) is 6.89. The average Bonchev–Trinajstić information content (AvgIpc) is 2.85. The zero-order chi connectivity index (χ0) is 14.4. The Hall–Kier alpha value is -1.48. The van der Waals surface area contributed by atoms with Crippen molar-refractivity contribution in [3.63, 3.8) is 0 Å². The molecule has 1 fully saturated rings. The first-order valence-electron chi connectivity index (χ1n) is 7.43. The van der Waals surface area contributed by atoms with E-state index in [0.717, 1.165) is 37.3 Å². The van der Waals surface area contributed by atoms with Crippen LogP contribution in [-0.2, 0) is 5.60 Å². The van der Waals surface area contributed by atoms with Crippen LogP contribution in [0.4, 0.5) is 0 Å². The smallest absolute Gasteiger partial charge is 0.131 e. The quantitative estimate of drug-likeness (QED) is 0.851. The molecule has 3 nitrogen and oxygen atoms in total. The molecular weight excluding hydrogens is 248 g/mol. The SMILES string of the molecule is CC(C)(C)N1C=C2N(CCCC2(O)c2ccccc2)C1. The molecule has 108 valence electrons. The topological polar surface area (TPSA) is 26.7 Å². The molecule has 1 unspecified atom stereocenters. The van der Waals surface area contributed by atoms with Crippen molar-refractivity contribution in [3.05, 3.63) is 47.8 Å². The lowest BCUT2D eigenvalue weighted by Gasteiger charge is -2.40. The Morgan fingerprint density at radius 1 is 1.15 bits per heavy atom. The zero-order valence-electron chi connectivity index (χ0n) is 12.6. The van der Waals surface area contributed by atoms with Crippen LogP contribution in [0.3, 0.4) is 0 Å². The molecule has 0 aromatic heterocycles. The minimum absolute atomic E-state index is 0.0853. The van der Waals surface area contributed by atoms with Crippen LogP contribution in [0.25, 0.3) is 0 Å². The lowest BCUT2D eigenvalue weighted by molar-refractivity contribution is 0.00902. The Morgan fingerprint density at radius 2 is 1.85 bits per heavy atom. The van der Waals surface area contributed by atoms with Gasteiger partial charge in [0.15, 0.2) is 0 Å². The predicted octanol–water partition coefficient (Wildman–Crippen LogP) is 2.88.